The zero-order chi connectivity index (χ0) is 13.2. The van der Waals surface area contributed by atoms with E-state index in [0.717, 1.165) is 15.8 Å². The fourth-order valence-corrected chi connectivity index (χ4v) is 3.82. The molecule has 0 bridgehead atoms. The van der Waals surface area contributed by atoms with E-state index in [1.54, 1.807) is 11.3 Å². The Hall–Kier alpha value is -0.870. The van der Waals surface area contributed by atoms with E-state index in [0.29, 0.717) is 0 Å². The fraction of sp³-hybridized carbons (Fsp3) is 0.333. The predicted molar refractivity (Wildman–Crippen MR) is 81.5 cm³/mol. The molecular weight excluding hydrogens is 276 g/mol. The van der Waals surface area contributed by atoms with Gasteiger partial charge in [-0.2, -0.15) is 0 Å². The molecule has 2 nitrogen and oxygen atoms in total. The monoisotopic (exact) mass is 292 g/mol. The Balaban J connectivity index is 1.93. The minimum absolute atomic E-state index is 0.0208. The van der Waals surface area contributed by atoms with Gasteiger partial charge < -0.3 is 0 Å². The first-order chi connectivity index (χ1) is 9.29. The lowest BCUT2D eigenvalue weighted by molar-refractivity contribution is 0.419. The molecule has 3 N–H and O–H groups in total. The van der Waals surface area contributed by atoms with Gasteiger partial charge in [0.2, 0.25) is 0 Å². The van der Waals surface area contributed by atoms with Gasteiger partial charge in [0.15, 0.2) is 0 Å². The lowest BCUT2D eigenvalue weighted by Gasteiger charge is -2.27. The number of hydrogen-bond acceptors (Lipinski definition) is 3. The molecule has 1 aromatic carbocycles. The highest BCUT2D eigenvalue weighted by atomic mass is 35.5. The van der Waals surface area contributed by atoms with Crippen LogP contribution in [0.5, 0.6) is 0 Å². The molecule has 1 aromatic heterocycles. The maximum Gasteiger partial charge on any atom is 0.0817 e. The number of nitrogens with two attached hydrogens (primary N) is 1. The highest BCUT2D eigenvalue weighted by Gasteiger charge is 2.22. The zero-order valence-electron chi connectivity index (χ0n) is 10.6. The van der Waals surface area contributed by atoms with Crippen molar-refractivity contribution in [3.8, 4) is 0 Å². The summed E-state index contributed by atoms with van der Waals surface area (Å²) in [5, 5.41) is 2.78. The molecule has 0 amide bonds. The molecule has 1 fully saturated rings. The van der Waals surface area contributed by atoms with Gasteiger partial charge in [-0.3, -0.25) is 5.84 Å². The fourth-order valence-electron chi connectivity index (χ4n) is 2.57. The van der Waals surface area contributed by atoms with Crippen molar-refractivity contribution in [1.29, 1.82) is 0 Å². The van der Waals surface area contributed by atoms with Crippen molar-refractivity contribution in [3.05, 3.63) is 56.7 Å². The Kier molecular flexibility index (Phi) is 3.89. The molecule has 1 aliphatic rings. The van der Waals surface area contributed by atoms with Crippen LogP contribution in [0, 0.1) is 0 Å². The van der Waals surface area contributed by atoms with Crippen LogP contribution in [0.2, 0.25) is 5.02 Å². The summed E-state index contributed by atoms with van der Waals surface area (Å²) in [6, 6.07) is 10.6. The number of rotatable bonds is 4. The molecular formula is C15H17ClN2S. The van der Waals surface area contributed by atoms with Crippen LogP contribution >= 0.6 is 22.9 Å². The van der Waals surface area contributed by atoms with E-state index in [1.807, 2.05) is 11.4 Å². The van der Waals surface area contributed by atoms with Crippen molar-refractivity contribution in [2.45, 2.75) is 31.2 Å². The third kappa shape index (κ3) is 2.56. The van der Waals surface area contributed by atoms with Gasteiger partial charge >= 0.3 is 0 Å². The number of hydrogen-bond donors (Lipinski definition) is 2. The smallest absolute Gasteiger partial charge is 0.0817 e. The van der Waals surface area contributed by atoms with Gasteiger partial charge in [0.1, 0.15) is 0 Å². The Morgan fingerprint density at radius 1 is 1.32 bits per heavy atom. The van der Waals surface area contributed by atoms with Crippen molar-refractivity contribution in [3.63, 3.8) is 0 Å². The summed E-state index contributed by atoms with van der Waals surface area (Å²) in [4.78, 5) is 1.08. The van der Waals surface area contributed by atoms with Crippen molar-refractivity contribution < 1.29 is 0 Å². The molecule has 100 valence electrons. The maximum atomic E-state index is 6.22. The van der Waals surface area contributed by atoms with E-state index >= 15 is 0 Å². The SMILES string of the molecule is NNC(c1cccc(C2CCC2)c1)c1sccc1Cl. The van der Waals surface area contributed by atoms with Gasteiger partial charge in [0.25, 0.3) is 0 Å². The van der Waals surface area contributed by atoms with Crippen LogP contribution in [0.3, 0.4) is 0 Å². The molecule has 0 spiro atoms. The van der Waals surface area contributed by atoms with Crippen molar-refractivity contribution in [1.82, 2.24) is 5.43 Å². The van der Waals surface area contributed by atoms with Gasteiger partial charge in [-0.05, 0) is 41.3 Å². The average Bonchev–Trinajstić information content (AvgIpc) is 2.75. The molecule has 19 heavy (non-hydrogen) atoms. The van der Waals surface area contributed by atoms with Gasteiger partial charge in [-0.1, -0.05) is 42.3 Å². The third-order valence-corrected chi connectivity index (χ3v) is 5.32. The Morgan fingerprint density at radius 2 is 2.16 bits per heavy atom. The predicted octanol–water partition coefficient (Wildman–Crippen LogP) is 4.22. The summed E-state index contributed by atoms with van der Waals surface area (Å²) >= 11 is 7.86. The number of benzene rings is 1. The lowest BCUT2D eigenvalue weighted by atomic mass is 9.79. The Morgan fingerprint density at radius 3 is 2.74 bits per heavy atom. The molecule has 1 saturated carbocycles. The van der Waals surface area contributed by atoms with Crippen LogP contribution in [0.15, 0.2) is 35.7 Å². The van der Waals surface area contributed by atoms with E-state index in [9.17, 15) is 0 Å². The molecule has 0 radical (unpaired) electrons. The highest BCUT2D eigenvalue weighted by Crippen LogP contribution is 2.38. The molecule has 1 atom stereocenters. The number of halogens is 1. The van der Waals surface area contributed by atoms with Gasteiger partial charge in [-0.25, -0.2) is 5.43 Å². The van der Waals surface area contributed by atoms with Crippen molar-refractivity contribution in [2.24, 2.45) is 5.84 Å². The molecule has 1 aliphatic carbocycles. The largest absolute Gasteiger partial charge is 0.271 e. The van der Waals surface area contributed by atoms with Crippen LogP contribution in [0.25, 0.3) is 0 Å². The van der Waals surface area contributed by atoms with Gasteiger partial charge in [0, 0.05) is 4.88 Å². The van der Waals surface area contributed by atoms with E-state index < -0.39 is 0 Å². The molecule has 0 aliphatic heterocycles. The second-order valence-corrected chi connectivity index (χ2v) is 6.39. The summed E-state index contributed by atoms with van der Waals surface area (Å²) in [5.41, 5.74) is 5.51. The molecule has 0 saturated heterocycles. The summed E-state index contributed by atoms with van der Waals surface area (Å²) in [6.45, 7) is 0. The van der Waals surface area contributed by atoms with Crippen LogP contribution < -0.4 is 11.3 Å². The first-order valence-corrected chi connectivity index (χ1v) is 7.84. The lowest BCUT2D eigenvalue weighted by Crippen LogP contribution is -2.28. The molecule has 2 aromatic rings. The Labute approximate surface area is 122 Å². The highest BCUT2D eigenvalue weighted by molar-refractivity contribution is 7.10. The summed E-state index contributed by atoms with van der Waals surface area (Å²) in [5.74, 6) is 6.47. The van der Waals surface area contributed by atoms with Crippen LogP contribution in [-0.4, -0.2) is 0 Å². The first kappa shape index (κ1) is 13.1. The number of nitrogens with one attached hydrogen (secondary N) is 1. The standard InChI is InChI=1S/C15H17ClN2S/c16-13-7-8-19-15(13)14(18-17)12-6-2-5-11(9-12)10-3-1-4-10/h2,5-10,14,18H,1,3-4,17H2. The molecule has 1 unspecified atom stereocenters. The van der Waals surface area contributed by atoms with E-state index in [4.69, 9.17) is 17.4 Å². The molecule has 4 heteroatoms. The van der Waals surface area contributed by atoms with E-state index in [-0.39, 0.29) is 6.04 Å². The second kappa shape index (κ2) is 5.63. The third-order valence-electron chi connectivity index (χ3n) is 3.89. The average molecular weight is 293 g/mol. The number of thiophene rings is 1. The molecule has 1 heterocycles. The van der Waals surface area contributed by atoms with Gasteiger partial charge in [-0.15, -0.1) is 11.3 Å². The topological polar surface area (TPSA) is 38.0 Å². The Bertz CT molecular complexity index is 563. The quantitative estimate of drug-likeness (QED) is 0.654. The second-order valence-electron chi connectivity index (χ2n) is 5.03. The maximum absolute atomic E-state index is 6.22. The minimum Gasteiger partial charge on any atom is -0.271 e. The summed E-state index contributed by atoms with van der Waals surface area (Å²) < 4.78 is 0. The van der Waals surface area contributed by atoms with E-state index in [2.05, 4.69) is 29.7 Å². The van der Waals surface area contributed by atoms with Crippen LogP contribution in [0.4, 0.5) is 0 Å². The summed E-state index contributed by atoms with van der Waals surface area (Å²) in [6.07, 6.45) is 3.97. The number of hydrazine groups is 1. The summed E-state index contributed by atoms with van der Waals surface area (Å²) in [7, 11) is 0. The van der Waals surface area contributed by atoms with Crippen molar-refractivity contribution in [2.75, 3.05) is 0 Å². The minimum atomic E-state index is -0.0208. The zero-order valence-corrected chi connectivity index (χ0v) is 12.2. The first-order valence-electron chi connectivity index (χ1n) is 6.58. The normalized spacial score (nSPS) is 17.2. The van der Waals surface area contributed by atoms with Crippen LogP contribution in [0.1, 0.15) is 47.2 Å². The van der Waals surface area contributed by atoms with Crippen LogP contribution in [-0.2, 0) is 0 Å². The molecule has 3 rings (SSSR count). The van der Waals surface area contributed by atoms with E-state index in [1.165, 1.54) is 30.4 Å². The van der Waals surface area contributed by atoms with Gasteiger partial charge in [0.05, 0.1) is 11.1 Å². The van der Waals surface area contributed by atoms with Crippen molar-refractivity contribution >= 4 is 22.9 Å².